The number of benzene rings is 4. The lowest BCUT2D eigenvalue weighted by atomic mass is 10.0. The van der Waals surface area contributed by atoms with Crippen LogP contribution >= 0.6 is 24.8 Å². The molecule has 4 aromatic rings. The van der Waals surface area contributed by atoms with Crippen LogP contribution in [0.1, 0.15) is 190 Å². The van der Waals surface area contributed by atoms with Crippen LogP contribution < -0.4 is 47.4 Å². The van der Waals surface area contributed by atoms with Crippen LogP contribution in [0.2, 0.25) is 0 Å². The number of nitrogens with one attached hydrogen (secondary N) is 6. The lowest BCUT2D eigenvalue weighted by molar-refractivity contribution is -0.141. The molecule has 664 valence electrons. The molecule has 45 heteroatoms. The molecule has 0 radical (unpaired) electrons. The first-order chi connectivity index (χ1) is 56.9. The van der Waals surface area contributed by atoms with E-state index >= 15 is 0 Å². The van der Waals surface area contributed by atoms with Gasteiger partial charge in [-0.2, -0.15) is 0 Å². The maximum Gasteiger partial charge on any atom is 0.410 e. The fourth-order valence-corrected chi connectivity index (χ4v) is 13.4. The molecule has 0 aliphatic carbocycles. The zero-order valence-electron chi connectivity index (χ0n) is 67.5. The van der Waals surface area contributed by atoms with Crippen LogP contribution in [0.4, 0.5) is 47.3 Å². The molecule has 11 aliphatic heterocycles. The van der Waals surface area contributed by atoms with Crippen LogP contribution in [0.15, 0.2) is 48.5 Å². The first kappa shape index (κ1) is 97.8. The highest BCUT2D eigenvalue weighted by Crippen LogP contribution is 2.36. The van der Waals surface area contributed by atoms with E-state index in [-0.39, 0.29) is 149 Å². The summed E-state index contributed by atoms with van der Waals surface area (Å²) in [5, 5.41) is 14.8. The Labute approximate surface area is 709 Å². The summed E-state index contributed by atoms with van der Waals surface area (Å²) in [6, 6.07) is 3.56. The third kappa shape index (κ3) is 23.9. The molecule has 37 nitrogen and oxygen atoms in total. The SMILES string of the molecule is CC(C)(C)OC(=O)N1CCN(c2cc3c(cc2F)C(=O)N(C2CCC(=O)NC2=O)C3=O)CC1.CC(C)(C)OC(=O)N1CCNCC1.CCOC(C)=O.Cl.Cl.NC1CCC(=O)NC1=O.O=C1CCC(N2C(=O)c3cc(F)c(F)cc3C2=O)C(=O)N1.O=C1CCC(N2C(=O)c3cc(F)c(N4CCNCC4)cc3C2=O)C(=O)N1.O=C1OC(=O)c2cc(F)c(F)cc21. The second kappa shape index (κ2) is 41.5. The summed E-state index contributed by atoms with van der Waals surface area (Å²) in [5.74, 6) is -16.9. The van der Waals surface area contributed by atoms with Crippen molar-refractivity contribution in [1.82, 2.24) is 56.4 Å². The smallest absolute Gasteiger partial charge is 0.410 e. The molecule has 123 heavy (non-hydrogen) atoms. The Morgan fingerprint density at radius 1 is 0.398 bits per heavy atom. The van der Waals surface area contributed by atoms with Crippen molar-refractivity contribution in [3.8, 4) is 0 Å². The summed E-state index contributed by atoms with van der Waals surface area (Å²) < 4.78 is 100. The molecule has 4 atom stereocenters. The van der Waals surface area contributed by atoms with E-state index in [1.807, 2.05) is 31.0 Å². The first-order valence-electron chi connectivity index (χ1n) is 38.0. The number of carbonyl (C=O) groups is 19. The highest BCUT2D eigenvalue weighted by molar-refractivity contribution is 6.26. The minimum absolute atomic E-state index is 0. The van der Waals surface area contributed by atoms with Gasteiger partial charge in [-0.3, -0.25) is 108 Å². The van der Waals surface area contributed by atoms with Gasteiger partial charge < -0.3 is 54.9 Å². The predicted octanol–water partition coefficient (Wildman–Crippen LogP) is 3.55. The molecule has 0 aromatic heterocycles. The minimum Gasteiger partial charge on any atom is -0.466 e. The van der Waals surface area contributed by atoms with Crippen molar-refractivity contribution in [3.05, 3.63) is 128 Å². The van der Waals surface area contributed by atoms with Crippen molar-refractivity contribution in [2.75, 3.05) is 94.9 Å². The Bertz CT molecular complexity index is 4870. The highest BCUT2D eigenvalue weighted by Gasteiger charge is 2.49. The third-order valence-electron chi connectivity index (χ3n) is 19.3. The van der Waals surface area contributed by atoms with Gasteiger partial charge in [-0.05, 0) is 123 Å². The number of rotatable bonds is 6. The van der Waals surface area contributed by atoms with Crippen LogP contribution in [0.3, 0.4) is 0 Å². The van der Waals surface area contributed by atoms with Crippen LogP contribution in [-0.4, -0.2) is 258 Å². The average Bonchev–Trinajstić information content (AvgIpc) is 1.60. The molecular weight excluding hydrogens is 1690 g/mol. The van der Waals surface area contributed by atoms with Crippen LogP contribution in [0.25, 0.3) is 0 Å². The van der Waals surface area contributed by atoms with Gasteiger partial charge in [-0.15, -0.1) is 24.8 Å². The number of hydrogen-bond donors (Lipinski definition) is 7. The number of amides is 16. The minimum atomic E-state index is -1.25. The van der Waals surface area contributed by atoms with Gasteiger partial charge in [-0.25, -0.2) is 45.5 Å². The summed E-state index contributed by atoms with van der Waals surface area (Å²) in [6.45, 7) is 21.7. The number of carbonyl (C=O) groups excluding carboxylic acids is 19. The van der Waals surface area contributed by atoms with E-state index in [1.54, 1.807) is 37.5 Å². The zero-order valence-corrected chi connectivity index (χ0v) is 69.1. The zero-order chi connectivity index (χ0) is 89.1. The molecule has 11 heterocycles. The molecule has 15 rings (SSSR count). The Balaban J connectivity index is 0.000000208. The molecule has 4 unspecified atom stereocenters. The Morgan fingerprint density at radius 3 is 0.959 bits per heavy atom. The van der Waals surface area contributed by atoms with Gasteiger partial charge in [0.15, 0.2) is 23.3 Å². The number of imide groups is 7. The van der Waals surface area contributed by atoms with Gasteiger partial charge >= 0.3 is 30.1 Å². The number of cyclic esters (lactones) is 2. The standard InChI is InChI=1S/C22H25FN4O6.C17H17FN4O4.C13H8F2N2O4.C9H18N2O2.C8H2F2O3.C5H8N2O2.C4H8O2.2ClH/c1-22(2,3)33-21(32)26-8-6-25(7-9-26)16-11-13-12(10-14(16)23)19(30)27(20(13)31)15-4-5-17(28)24-18(15)29;18-11-7-9-10(8-13(11)21-5-3-19-4-6-21)17(26)22(16(9)25)12-1-2-14(23)20-15(12)24;14-7-3-5-6(4-8(7)15)13(21)17(12(5)20)9-1-2-10(18)16-11(9)19;1-9(2,3)13-8(12)11-6-4-10-5-7-11;9-5-1-3-4(2-6(5)10)8(12)13-7(3)11;6-3-1-2-4(8)7-5(3)9;1-3-6-4(2)5;;/h10-11,15H,4-9H2,1-3H3,(H,24,28,29);7-8,12,19H,1-6H2,(H,20,23,24);3-4,9H,1-2H2,(H,16,18,19);10H,4-7H2,1-3H3;1-2H;3H,1-2,6H2,(H,7,8,9);3H2,1-2H3;2*1H. The van der Waals surface area contributed by atoms with Crippen molar-refractivity contribution in [2.45, 2.75) is 142 Å². The van der Waals surface area contributed by atoms with E-state index in [2.05, 4.69) is 36.1 Å². The molecular formula is C78H88Cl2F6N14O23. The van der Waals surface area contributed by atoms with Gasteiger partial charge in [0.25, 0.3) is 35.4 Å². The van der Waals surface area contributed by atoms with Gasteiger partial charge in [0.05, 0.1) is 68.5 Å². The molecule has 0 spiro atoms. The summed E-state index contributed by atoms with van der Waals surface area (Å²) in [7, 11) is 0. The first-order valence-corrected chi connectivity index (χ1v) is 38.0. The number of fused-ring (bicyclic) bond motifs is 4. The topological polar surface area (TPSA) is 482 Å². The molecule has 0 bridgehead atoms. The Kier molecular flexibility index (Phi) is 33.0. The van der Waals surface area contributed by atoms with E-state index in [9.17, 15) is 117 Å². The van der Waals surface area contributed by atoms with E-state index in [0.717, 1.165) is 48.1 Å². The summed E-state index contributed by atoms with van der Waals surface area (Å²) in [6.07, 6.45) is 0.313. The van der Waals surface area contributed by atoms with Gasteiger partial charge in [0, 0.05) is 111 Å². The molecule has 7 saturated heterocycles. The normalized spacial score (nSPS) is 20.2. The molecule has 0 saturated carbocycles. The van der Waals surface area contributed by atoms with Crippen molar-refractivity contribution in [2.24, 2.45) is 5.73 Å². The number of halogens is 8. The third-order valence-corrected chi connectivity index (χ3v) is 19.3. The second-order valence-electron chi connectivity index (χ2n) is 30.2. The second-order valence-corrected chi connectivity index (χ2v) is 30.2. The number of hydrogen-bond acceptors (Lipinski definition) is 28. The van der Waals surface area contributed by atoms with Gasteiger partial charge in [0.2, 0.25) is 47.3 Å². The number of nitrogens with zero attached hydrogens (tertiary/aromatic N) is 7. The maximum absolute atomic E-state index is 15.0. The van der Waals surface area contributed by atoms with Crippen LogP contribution in [0, 0.1) is 34.9 Å². The summed E-state index contributed by atoms with van der Waals surface area (Å²) >= 11 is 0. The highest BCUT2D eigenvalue weighted by atomic mass is 35.5. The number of anilines is 2. The van der Waals surface area contributed by atoms with Crippen molar-refractivity contribution in [3.63, 3.8) is 0 Å². The van der Waals surface area contributed by atoms with Crippen molar-refractivity contribution in [1.29, 1.82) is 0 Å². The quantitative estimate of drug-likeness (QED) is 0.0477. The molecule has 4 aromatic carbocycles. The van der Waals surface area contributed by atoms with Gasteiger partial charge in [0.1, 0.15) is 41.0 Å². The monoisotopic (exact) mass is 1770 g/mol. The maximum atomic E-state index is 15.0. The molecule has 16 amide bonds. The fourth-order valence-electron chi connectivity index (χ4n) is 13.4. The Morgan fingerprint density at radius 2 is 0.675 bits per heavy atom. The predicted molar refractivity (Wildman–Crippen MR) is 418 cm³/mol. The van der Waals surface area contributed by atoms with Crippen LogP contribution in [0.5, 0.6) is 0 Å². The number of nitrogens with two attached hydrogens (primary N) is 1. The van der Waals surface area contributed by atoms with E-state index < -0.39 is 154 Å². The molecule has 11 aliphatic rings. The van der Waals surface area contributed by atoms with E-state index in [0.29, 0.717) is 101 Å². The van der Waals surface area contributed by atoms with Gasteiger partial charge in [-0.1, -0.05) is 0 Å². The average molecular weight is 1770 g/mol. The number of esters is 3. The van der Waals surface area contributed by atoms with E-state index in [4.69, 9.17) is 15.2 Å². The van der Waals surface area contributed by atoms with Crippen LogP contribution in [-0.2, 0) is 62.1 Å². The van der Waals surface area contributed by atoms with E-state index in [1.165, 1.54) is 24.0 Å². The Hall–Kier alpha value is -12.4. The largest absolute Gasteiger partial charge is 0.466 e. The number of piperazine rings is 3. The summed E-state index contributed by atoms with van der Waals surface area (Å²) in [5.41, 5.74) is 3.59. The number of piperidine rings is 4. The number of ether oxygens (including phenoxy) is 4. The lowest BCUT2D eigenvalue weighted by Gasteiger charge is -2.37. The van der Waals surface area contributed by atoms with Crippen molar-refractivity contribution < 1.29 is 136 Å². The molecule has 8 N–H and O–H groups in total. The molecule has 7 fully saturated rings. The van der Waals surface area contributed by atoms with Crippen molar-refractivity contribution >= 4 is 149 Å². The fraction of sp³-hybridized carbons (Fsp3) is 0.449. The lowest BCUT2D eigenvalue weighted by Crippen LogP contribution is -2.54. The summed E-state index contributed by atoms with van der Waals surface area (Å²) in [4.78, 5) is 230.